The molecule has 144 valence electrons. The molecule has 2 aliphatic carbocycles. The van der Waals surface area contributed by atoms with Gasteiger partial charge < -0.3 is 0 Å². The first-order chi connectivity index (χ1) is 13.9. The van der Waals surface area contributed by atoms with Crippen LogP contribution in [0.25, 0.3) is 22.5 Å². The second-order valence-electron chi connectivity index (χ2n) is 8.05. The summed E-state index contributed by atoms with van der Waals surface area (Å²) in [4.78, 5) is 9.55. The van der Waals surface area contributed by atoms with Gasteiger partial charge in [0.25, 0.3) is 0 Å². The second-order valence-corrected chi connectivity index (χ2v) is 8.05. The summed E-state index contributed by atoms with van der Waals surface area (Å²) in [7, 11) is 0. The van der Waals surface area contributed by atoms with Crippen LogP contribution in [-0.2, 0) is 12.8 Å². The maximum atomic E-state index is 5.31. The fourth-order valence-corrected chi connectivity index (χ4v) is 4.95. The van der Waals surface area contributed by atoms with Crippen LogP contribution in [-0.4, -0.2) is 30.6 Å². The van der Waals surface area contributed by atoms with Gasteiger partial charge in [0.1, 0.15) is 0 Å². The predicted molar refractivity (Wildman–Crippen MR) is 108 cm³/mol. The minimum Gasteiger partial charge on any atom is -0.265 e. The van der Waals surface area contributed by atoms with Crippen molar-refractivity contribution in [3.05, 3.63) is 41.5 Å². The number of H-pyrrole nitrogens is 1. The molecular formula is C22H26N6. The molecule has 1 saturated carbocycles. The smallest absolute Gasteiger partial charge is 0.181 e. The number of pyridine rings is 2. The molecule has 3 aromatic heterocycles. The van der Waals surface area contributed by atoms with Crippen molar-refractivity contribution in [2.75, 3.05) is 0 Å². The largest absolute Gasteiger partial charge is 0.265 e. The molecule has 1 fully saturated rings. The van der Waals surface area contributed by atoms with E-state index in [-0.39, 0.29) is 0 Å². The molecule has 6 nitrogen and oxygen atoms in total. The Morgan fingerprint density at radius 2 is 1.64 bits per heavy atom. The van der Waals surface area contributed by atoms with Crippen LogP contribution in [0, 0.1) is 0 Å². The quantitative estimate of drug-likeness (QED) is 0.676. The number of hydrogen-bond donors (Lipinski definition) is 1. The van der Waals surface area contributed by atoms with Gasteiger partial charge in [-0.2, -0.15) is 0 Å². The normalized spacial score (nSPS) is 17.9. The molecule has 0 saturated heterocycles. The topological polar surface area (TPSA) is 80.2 Å². The molecule has 0 spiro atoms. The average Bonchev–Trinajstić information content (AvgIpc) is 3.19. The van der Waals surface area contributed by atoms with Crippen LogP contribution in [0.5, 0.6) is 0 Å². The molecule has 0 amide bonds. The molecule has 6 heteroatoms. The number of aryl methyl sites for hydroxylation is 1. The van der Waals surface area contributed by atoms with Crippen molar-refractivity contribution in [2.45, 2.75) is 70.1 Å². The van der Waals surface area contributed by atoms with Crippen LogP contribution in [0.3, 0.4) is 0 Å². The van der Waals surface area contributed by atoms with Crippen LogP contribution >= 0.6 is 0 Å². The molecule has 3 heterocycles. The van der Waals surface area contributed by atoms with Gasteiger partial charge in [0.05, 0.1) is 11.3 Å². The summed E-state index contributed by atoms with van der Waals surface area (Å²) in [6.45, 7) is 0. The van der Waals surface area contributed by atoms with Crippen LogP contribution in [0.15, 0.2) is 24.5 Å². The van der Waals surface area contributed by atoms with Crippen LogP contribution < -0.4 is 0 Å². The van der Waals surface area contributed by atoms with Crippen molar-refractivity contribution < 1.29 is 0 Å². The lowest BCUT2D eigenvalue weighted by atomic mass is 9.81. The standard InChI is InChI=1S/C22H26N6/c1-3-7-16(8-4-1)21-20(22-25-27-28-26-22)19(15-11-13-23-14-12-15)17-9-5-2-6-10-18(17)24-21/h11-14,16H,1-10H2,(H,25,26,27,28). The third-order valence-electron chi connectivity index (χ3n) is 6.30. The maximum absolute atomic E-state index is 5.31. The van der Waals surface area contributed by atoms with Gasteiger partial charge in [0.2, 0.25) is 0 Å². The van der Waals surface area contributed by atoms with Gasteiger partial charge in [-0.15, -0.1) is 5.10 Å². The zero-order valence-corrected chi connectivity index (χ0v) is 16.2. The second kappa shape index (κ2) is 7.78. The van der Waals surface area contributed by atoms with Gasteiger partial charge >= 0.3 is 0 Å². The number of fused-ring (bicyclic) bond motifs is 1. The van der Waals surface area contributed by atoms with E-state index in [2.05, 4.69) is 37.7 Å². The Labute approximate surface area is 165 Å². The number of hydrogen-bond acceptors (Lipinski definition) is 5. The van der Waals surface area contributed by atoms with E-state index in [9.17, 15) is 0 Å². The van der Waals surface area contributed by atoms with Crippen LogP contribution in [0.1, 0.15) is 74.2 Å². The summed E-state index contributed by atoms with van der Waals surface area (Å²) in [6, 6.07) is 4.22. The Morgan fingerprint density at radius 3 is 2.43 bits per heavy atom. The van der Waals surface area contributed by atoms with E-state index in [1.165, 1.54) is 79.4 Å². The zero-order valence-electron chi connectivity index (χ0n) is 16.2. The molecule has 0 aliphatic heterocycles. The molecule has 0 radical (unpaired) electrons. The fourth-order valence-electron chi connectivity index (χ4n) is 4.95. The number of aromatic nitrogens is 6. The molecule has 28 heavy (non-hydrogen) atoms. The van der Waals surface area contributed by atoms with E-state index in [0.29, 0.717) is 5.92 Å². The van der Waals surface area contributed by atoms with E-state index in [0.717, 1.165) is 24.2 Å². The molecule has 1 N–H and O–H groups in total. The molecule has 3 aromatic rings. The summed E-state index contributed by atoms with van der Waals surface area (Å²) in [5.74, 6) is 1.23. The van der Waals surface area contributed by atoms with Crippen molar-refractivity contribution in [1.82, 2.24) is 30.6 Å². The molecule has 5 rings (SSSR count). The maximum Gasteiger partial charge on any atom is 0.181 e. The third-order valence-corrected chi connectivity index (χ3v) is 6.30. The summed E-state index contributed by atoms with van der Waals surface area (Å²) >= 11 is 0. The van der Waals surface area contributed by atoms with Gasteiger partial charge in [0.15, 0.2) is 5.82 Å². The number of tetrazole rings is 1. The first kappa shape index (κ1) is 17.5. The van der Waals surface area contributed by atoms with Gasteiger partial charge in [-0.3, -0.25) is 9.97 Å². The highest BCUT2D eigenvalue weighted by Gasteiger charge is 2.29. The minimum atomic E-state index is 0.489. The van der Waals surface area contributed by atoms with E-state index < -0.39 is 0 Å². The SMILES string of the molecule is c1cc(-c2c3c(nc(C4CCCCC4)c2-c2nnn[nH]2)CCCCC3)ccn1. The van der Waals surface area contributed by atoms with Gasteiger partial charge in [-0.25, -0.2) is 5.10 Å². The Kier molecular flexibility index (Phi) is 4.85. The summed E-state index contributed by atoms with van der Waals surface area (Å²) in [6.07, 6.45) is 15.9. The van der Waals surface area contributed by atoms with Crippen molar-refractivity contribution in [3.8, 4) is 22.5 Å². The van der Waals surface area contributed by atoms with Crippen LogP contribution in [0.2, 0.25) is 0 Å². The van der Waals surface area contributed by atoms with E-state index >= 15 is 0 Å². The minimum absolute atomic E-state index is 0.489. The molecule has 0 atom stereocenters. The Hall–Kier alpha value is -2.63. The highest BCUT2D eigenvalue weighted by atomic mass is 15.5. The summed E-state index contributed by atoms with van der Waals surface area (Å²) in [5.41, 5.74) is 7.46. The van der Waals surface area contributed by atoms with E-state index in [1.807, 2.05) is 12.4 Å². The predicted octanol–water partition coefficient (Wildman–Crippen LogP) is 4.64. The number of rotatable bonds is 3. The lowest BCUT2D eigenvalue weighted by Crippen LogP contribution is -2.13. The fraction of sp³-hybridized carbons (Fsp3) is 0.500. The number of nitrogens with zero attached hydrogens (tertiary/aromatic N) is 5. The summed E-state index contributed by atoms with van der Waals surface area (Å²) < 4.78 is 0. The van der Waals surface area contributed by atoms with Crippen molar-refractivity contribution in [3.63, 3.8) is 0 Å². The Morgan fingerprint density at radius 1 is 0.857 bits per heavy atom. The van der Waals surface area contributed by atoms with Gasteiger partial charge in [-0.05, 0) is 77.8 Å². The Balaban J connectivity index is 1.80. The monoisotopic (exact) mass is 374 g/mol. The molecule has 0 bridgehead atoms. The Bertz CT molecular complexity index is 929. The zero-order chi connectivity index (χ0) is 18.8. The average molecular weight is 374 g/mol. The molecule has 0 aromatic carbocycles. The highest BCUT2D eigenvalue weighted by Crippen LogP contribution is 2.44. The molecule has 0 unspecified atom stereocenters. The highest BCUT2D eigenvalue weighted by molar-refractivity contribution is 5.85. The number of aromatic amines is 1. The molecule has 2 aliphatic rings. The van der Waals surface area contributed by atoms with Gasteiger partial charge in [0, 0.05) is 24.0 Å². The number of nitrogens with one attached hydrogen (secondary N) is 1. The van der Waals surface area contributed by atoms with E-state index in [1.54, 1.807) is 0 Å². The van der Waals surface area contributed by atoms with Crippen LogP contribution in [0.4, 0.5) is 0 Å². The van der Waals surface area contributed by atoms with E-state index in [4.69, 9.17) is 4.98 Å². The van der Waals surface area contributed by atoms with Crippen molar-refractivity contribution >= 4 is 0 Å². The first-order valence-electron chi connectivity index (χ1n) is 10.6. The lowest BCUT2D eigenvalue weighted by molar-refractivity contribution is 0.436. The lowest BCUT2D eigenvalue weighted by Gasteiger charge is -2.26. The first-order valence-corrected chi connectivity index (χ1v) is 10.6. The third kappa shape index (κ3) is 3.21. The van der Waals surface area contributed by atoms with Crippen molar-refractivity contribution in [1.29, 1.82) is 0 Å². The molecular weight excluding hydrogens is 348 g/mol. The van der Waals surface area contributed by atoms with Crippen molar-refractivity contribution in [2.24, 2.45) is 0 Å². The summed E-state index contributed by atoms with van der Waals surface area (Å²) in [5, 5.41) is 15.1. The van der Waals surface area contributed by atoms with Gasteiger partial charge in [-0.1, -0.05) is 25.7 Å².